The molecule has 1 aromatic heterocycles. The number of para-hydroxylation sites is 2. The van der Waals surface area contributed by atoms with Crippen LogP contribution in [0.5, 0.6) is 5.75 Å². The van der Waals surface area contributed by atoms with Gasteiger partial charge in [-0.15, -0.1) is 0 Å². The summed E-state index contributed by atoms with van der Waals surface area (Å²) in [6.07, 6.45) is 5.87. The Labute approximate surface area is 172 Å². The van der Waals surface area contributed by atoms with Gasteiger partial charge in [0.15, 0.2) is 0 Å². The lowest BCUT2D eigenvalue weighted by atomic mass is 10.2. The molecule has 2 aliphatic rings. The van der Waals surface area contributed by atoms with Gasteiger partial charge in [0.2, 0.25) is 5.91 Å². The Morgan fingerprint density at radius 1 is 1.14 bits per heavy atom. The number of aromatic nitrogens is 2. The Bertz CT molecular complexity index is 836. The molecule has 0 saturated carbocycles. The van der Waals surface area contributed by atoms with E-state index in [1.54, 1.807) is 7.11 Å². The van der Waals surface area contributed by atoms with Gasteiger partial charge in [-0.2, -0.15) is 0 Å². The molecule has 7 heteroatoms. The van der Waals surface area contributed by atoms with E-state index in [4.69, 9.17) is 4.74 Å². The third-order valence-corrected chi connectivity index (χ3v) is 6.12. The molecule has 0 aliphatic carbocycles. The summed E-state index contributed by atoms with van der Waals surface area (Å²) < 4.78 is 7.67. The maximum absolute atomic E-state index is 13.2. The Morgan fingerprint density at radius 3 is 2.83 bits per heavy atom. The summed E-state index contributed by atoms with van der Waals surface area (Å²) in [5, 5.41) is 0. The molecule has 1 amide bonds. The summed E-state index contributed by atoms with van der Waals surface area (Å²) in [5.74, 6) is 2.08. The van der Waals surface area contributed by atoms with E-state index in [-0.39, 0.29) is 11.9 Å². The number of aryl methyl sites for hydroxylation is 1. The molecule has 0 N–H and O–H groups in total. The smallest absolute Gasteiger partial charge is 0.244 e. The van der Waals surface area contributed by atoms with Crippen molar-refractivity contribution in [2.24, 2.45) is 0 Å². The van der Waals surface area contributed by atoms with Crippen molar-refractivity contribution in [1.29, 1.82) is 0 Å². The molecule has 1 atom stereocenters. The first kappa shape index (κ1) is 19.9. The SMILES string of the molecule is CCn1ccnc1CN1CCCN(C2CCN(c3ccccc3OC)C2=O)CC1. The predicted molar refractivity (Wildman–Crippen MR) is 113 cm³/mol. The molecule has 0 bridgehead atoms. The summed E-state index contributed by atoms with van der Waals surface area (Å²) in [6, 6.07) is 7.76. The number of nitrogens with zero attached hydrogens (tertiary/aromatic N) is 5. The van der Waals surface area contributed by atoms with E-state index in [0.717, 1.165) is 75.9 Å². The molecule has 29 heavy (non-hydrogen) atoms. The Kier molecular flexibility index (Phi) is 6.16. The summed E-state index contributed by atoms with van der Waals surface area (Å²) >= 11 is 0. The molecular formula is C22H31N5O2. The van der Waals surface area contributed by atoms with Crippen molar-refractivity contribution in [3.8, 4) is 5.75 Å². The van der Waals surface area contributed by atoms with Gasteiger partial charge in [0, 0.05) is 45.1 Å². The minimum absolute atomic E-state index is 0.0301. The maximum atomic E-state index is 13.2. The van der Waals surface area contributed by atoms with E-state index in [1.165, 1.54) is 0 Å². The van der Waals surface area contributed by atoms with Gasteiger partial charge < -0.3 is 14.2 Å². The van der Waals surface area contributed by atoms with Gasteiger partial charge in [-0.1, -0.05) is 12.1 Å². The van der Waals surface area contributed by atoms with Crippen molar-refractivity contribution in [3.05, 3.63) is 42.5 Å². The fourth-order valence-corrected chi connectivity index (χ4v) is 4.54. The van der Waals surface area contributed by atoms with Crippen LogP contribution in [0.3, 0.4) is 0 Å². The largest absolute Gasteiger partial charge is 0.495 e. The van der Waals surface area contributed by atoms with Crippen molar-refractivity contribution < 1.29 is 9.53 Å². The zero-order valence-corrected chi connectivity index (χ0v) is 17.5. The maximum Gasteiger partial charge on any atom is 0.244 e. The molecule has 2 saturated heterocycles. The van der Waals surface area contributed by atoms with E-state index >= 15 is 0 Å². The standard InChI is InChI=1S/C22H31N5O2/c1-3-25-14-10-23-21(25)17-24-11-6-12-26(16-15-24)19-9-13-27(22(19)28)18-7-4-5-8-20(18)29-2/h4-5,7-8,10,14,19H,3,6,9,11-13,15-17H2,1-2H3. The summed E-state index contributed by atoms with van der Waals surface area (Å²) in [7, 11) is 1.66. The predicted octanol–water partition coefficient (Wildman–Crippen LogP) is 2.22. The molecule has 2 aliphatic heterocycles. The zero-order chi connectivity index (χ0) is 20.2. The van der Waals surface area contributed by atoms with Gasteiger partial charge in [0.05, 0.1) is 25.4 Å². The normalized spacial score (nSPS) is 21.5. The highest BCUT2D eigenvalue weighted by atomic mass is 16.5. The highest BCUT2D eigenvalue weighted by Crippen LogP contribution is 2.32. The van der Waals surface area contributed by atoms with Crippen LogP contribution in [-0.2, 0) is 17.9 Å². The van der Waals surface area contributed by atoms with Gasteiger partial charge in [0.1, 0.15) is 11.6 Å². The topological polar surface area (TPSA) is 53.8 Å². The number of imidazole rings is 1. The van der Waals surface area contributed by atoms with E-state index in [0.29, 0.717) is 0 Å². The van der Waals surface area contributed by atoms with Gasteiger partial charge >= 0.3 is 0 Å². The third kappa shape index (κ3) is 4.16. The average Bonchev–Trinajstić information content (AvgIpc) is 3.28. The average molecular weight is 398 g/mol. The quantitative estimate of drug-likeness (QED) is 0.748. The highest BCUT2D eigenvalue weighted by molar-refractivity contribution is 6.00. The van der Waals surface area contributed by atoms with Crippen LogP contribution in [0.4, 0.5) is 5.69 Å². The molecule has 1 unspecified atom stereocenters. The number of ether oxygens (including phenoxy) is 1. The monoisotopic (exact) mass is 397 g/mol. The van der Waals surface area contributed by atoms with Crippen molar-refractivity contribution in [1.82, 2.24) is 19.4 Å². The number of benzene rings is 1. The minimum atomic E-state index is -0.0301. The molecule has 7 nitrogen and oxygen atoms in total. The van der Waals surface area contributed by atoms with E-state index in [1.807, 2.05) is 41.6 Å². The first-order chi connectivity index (χ1) is 14.2. The number of carbonyl (C=O) groups is 1. The van der Waals surface area contributed by atoms with Gasteiger partial charge in [-0.3, -0.25) is 14.6 Å². The number of amides is 1. The molecule has 2 aromatic rings. The summed E-state index contributed by atoms with van der Waals surface area (Å²) in [6.45, 7) is 8.62. The Morgan fingerprint density at radius 2 is 2.00 bits per heavy atom. The number of anilines is 1. The third-order valence-electron chi connectivity index (χ3n) is 6.12. The second-order valence-corrected chi connectivity index (χ2v) is 7.76. The van der Waals surface area contributed by atoms with Crippen LogP contribution in [0, 0.1) is 0 Å². The summed E-state index contributed by atoms with van der Waals surface area (Å²) in [4.78, 5) is 24.5. The number of hydrogen-bond acceptors (Lipinski definition) is 5. The zero-order valence-electron chi connectivity index (χ0n) is 17.5. The number of rotatable bonds is 6. The lowest BCUT2D eigenvalue weighted by Crippen LogP contribution is -2.43. The first-order valence-electron chi connectivity index (χ1n) is 10.6. The van der Waals surface area contributed by atoms with E-state index in [2.05, 4.69) is 26.3 Å². The van der Waals surface area contributed by atoms with Crippen molar-refractivity contribution in [2.75, 3.05) is 44.7 Å². The van der Waals surface area contributed by atoms with Gasteiger partial charge in [-0.05, 0) is 38.4 Å². The second kappa shape index (κ2) is 8.97. The van der Waals surface area contributed by atoms with Crippen molar-refractivity contribution in [3.63, 3.8) is 0 Å². The molecule has 0 spiro atoms. The van der Waals surface area contributed by atoms with Crippen LogP contribution in [0.15, 0.2) is 36.7 Å². The van der Waals surface area contributed by atoms with Crippen LogP contribution >= 0.6 is 0 Å². The fraction of sp³-hybridized carbons (Fsp3) is 0.545. The molecule has 1 aromatic carbocycles. The van der Waals surface area contributed by atoms with Crippen LogP contribution < -0.4 is 9.64 Å². The lowest BCUT2D eigenvalue weighted by Gasteiger charge is -2.27. The molecule has 0 radical (unpaired) electrons. The van der Waals surface area contributed by atoms with Crippen molar-refractivity contribution in [2.45, 2.75) is 38.9 Å². The Hall–Kier alpha value is -2.38. The fourth-order valence-electron chi connectivity index (χ4n) is 4.54. The van der Waals surface area contributed by atoms with Crippen LogP contribution in [0.1, 0.15) is 25.6 Å². The minimum Gasteiger partial charge on any atom is -0.495 e. The molecular weight excluding hydrogens is 366 g/mol. The Balaban J connectivity index is 1.39. The second-order valence-electron chi connectivity index (χ2n) is 7.76. The lowest BCUT2D eigenvalue weighted by molar-refractivity contribution is -0.121. The molecule has 2 fully saturated rings. The molecule has 3 heterocycles. The number of hydrogen-bond donors (Lipinski definition) is 0. The van der Waals surface area contributed by atoms with Crippen LogP contribution in [0.25, 0.3) is 0 Å². The van der Waals surface area contributed by atoms with E-state index in [9.17, 15) is 4.79 Å². The highest BCUT2D eigenvalue weighted by Gasteiger charge is 2.38. The van der Waals surface area contributed by atoms with Crippen molar-refractivity contribution >= 4 is 11.6 Å². The van der Waals surface area contributed by atoms with Gasteiger partial charge in [0.25, 0.3) is 0 Å². The first-order valence-corrected chi connectivity index (χ1v) is 10.6. The number of carbonyl (C=O) groups excluding carboxylic acids is 1. The van der Waals surface area contributed by atoms with Crippen LogP contribution in [0.2, 0.25) is 0 Å². The van der Waals surface area contributed by atoms with Crippen LogP contribution in [-0.4, -0.2) is 71.1 Å². The summed E-state index contributed by atoms with van der Waals surface area (Å²) in [5.41, 5.74) is 0.880. The van der Waals surface area contributed by atoms with E-state index < -0.39 is 0 Å². The molecule has 4 rings (SSSR count). The molecule has 156 valence electrons. The van der Waals surface area contributed by atoms with Gasteiger partial charge in [-0.25, -0.2) is 4.98 Å². The number of methoxy groups -OCH3 is 1.